The maximum atomic E-state index is 12.9. The molecule has 3 aromatic carbocycles. The molecule has 2 aliphatic rings. The van der Waals surface area contributed by atoms with Crippen LogP contribution < -0.4 is 5.32 Å². The molecule has 0 unspecified atom stereocenters. The first-order chi connectivity index (χ1) is 20.0. The summed E-state index contributed by atoms with van der Waals surface area (Å²) in [6.07, 6.45) is -0.466. The molecule has 0 aromatic heterocycles. The van der Waals surface area contributed by atoms with Gasteiger partial charge in [0.2, 0.25) is 5.91 Å². The number of hydrogen-bond donors (Lipinski definition) is 1. The summed E-state index contributed by atoms with van der Waals surface area (Å²) in [7, 11) is -2.20. The maximum Gasteiger partial charge on any atom is 0.326 e. The summed E-state index contributed by atoms with van der Waals surface area (Å²) in [6, 6.07) is 30.3. The molecule has 1 N–H and O–H groups in total. The smallest absolute Gasteiger partial charge is 0.326 e. The molecular formula is C34H42N2O5Si. The van der Waals surface area contributed by atoms with E-state index in [1.165, 1.54) is 0 Å². The quantitative estimate of drug-likeness (QED) is 0.231. The van der Waals surface area contributed by atoms with E-state index in [0.29, 0.717) is 13.0 Å². The molecule has 0 radical (unpaired) electrons. The molecule has 222 valence electrons. The van der Waals surface area contributed by atoms with Gasteiger partial charge in [-0.3, -0.25) is 15.0 Å². The Labute approximate surface area is 250 Å². The predicted octanol–water partition coefficient (Wildman–Crippen LogP) is 6.44. The molecular weight excluding hydrogens is 544 g/mol. The van der Waals surface area contributed by atoms with Crippen LogP contribution in [0.5, 0.6) is 0 Å². The molecule has 2 fully saturated rings. The number of rotatable bonds is 9. The molecule has 0 bridgehead atoms. The lowest BCUT2D eigenvalue weighted by molar-refractivity contribution is -0.127. The van der Waals surface area contributed by atoms with Gasteiger partial charge in [0.15, 0.2) is 14.5 Å². The molecule has 7 nitrogen and oxygen atoms in total. The number of carbonyl (C=O) groups is 2. The second kappa shape index (κ2) is 12.1. The predicted molar refractivity (Wildman–Crippen MR) is 165 cm³/mol. The van der Waals surface area contributed by atoms with Gasteiger partial charge in [-0.05, 0) is 34.8 Å². The van der Waals surface area contributed by atoms with E-state index in [9.17, 15) is 9.59 Å². The van der Waals surface area contributed by atoms with Gasteiger partial charge in [-0.1, -0.05) is 112 Å². The fourth-order valence-corrected chi connectivity index (χ4v) is 6.89. The Morgan fingerprint density at radius 3 is 1.81 bits per heavy atom. The highest BCUT2D eigenvalue weighted by Gasteiger charge is 2.49. The number of nitrogens with one attached hydrogen (secondary N) is 1. The third kappa shape index (κ3) is 6.08. The Morgan fingerprint density at radius 2 is 1.36 bits per heavy atom. The van der Waals surface area contributed by atoms with Gasteiger partial charge in [-0.15, -0.1) is 0 Å². The van der Waals surface area contributed by atoms with Crippen LogP contribution in [0.4, 0.5) is 4.79 Å². The molecule has 2 heterocycles. The molecule has 42 heavy (non-hydrogen) atoms. The van der Waals surface area contributed by atoms with Crippen molar-refractivity contribution < 1.29 is 23.5 Å². The van der Waals surface area contributed by atoms with Crippen LogP contribution in [0.3, 0.4) is 0 Å². The van der Waals surface area contributed by atoms with Crippen LogP contribution >= 0.6 is 0 Å². The first-order valence-corrected chi connectivity index (χ1v) is 17.7. The van der Waals surface area contributed by atoms with Gasteiger partial charge in [-0.2, -0.15) is 0 Å². The number of amides is 3. The van der Waals surface area contributed by atoms with E-state index in [4.69, 9.17) is 13.9 Å². The Balaban J connectivity index is 1.48. The SMILES string of the molecule is CC(C)(C)[Si](C)(C)O[C@@H]1C[C@@H](COC(c2ccccc2)(c2ccccc2)c2ccccc2)O[C@H]1N1CCC(=O)NC1=O. The van der Waals surface area contributed by atoms with E-state index in [0.717, 1.165) is 16.7 Å². The number of hydrogen-bond acceptors (Lipinski definition) is 5. The van der Waals surface area contributed by atoms with Crippen molar-refractivity contribution in [1.82, 2.24) is 10.2 Å². The summed E-state index contributed by atoms with van der Waals surface area (Å²) in [6.45, 7) is 11.6. The van der Waals surface area contributed by atoms with Gasteiger partial charge < -0.3 is 13.9 Å². The van der Waals surface area contributed by atoms with Gasteiger partial charge in [0.25, 0.3) is 0 Å². The molecule has 5 rings (SSSR count). The molecule has 8 heteroatoms. The topological polar surface area (TPSA) is 77.1 Å². The minimum Gasteiger partial charge on any atom is -0.409 e. The number of benzene rings is 3. The first-order valence-electron chi connectivity index (χ1n) is 14.8. The lowest BCUT2D eigenvalue weighted by atomic mass is 9.80. The van der Waals surface area contributed by atoms with Crippen molar-refractivity contribution >= 4 is 20.3 Å². The van der Waals surface area contributed by atoms with Crippen molar-refractivity contribution in [2.75, 3.05) is 13.2 Å². The molecule has 0 aliphatic carbocycles. The summed E-state index contributed by atoms with van der Waals surface area (Å²) in [5.41, 5.74) is 2.16. The highest BCUT2D eigenvalue weighted by Crippen LogP contribution is 2.43. The Bertz CT molecular complexity index is 1260. The summed E-state index contributed by atoms with van der Waals surface area (Å²) in [5.74, 6) is -0.269. The highest BCUT2D eigenvalue weighted by atomic mass is 28.4. The number of ether oxygens (including phenoxy) is 2. The van der Waals surface area contributed by atoms with Gasteiger partial charge in [-0.25, -0.2) is 4.79 Å². The maximum absolute atomic E-state index is 12.9. The van der Waals surface area contributed by atoms with E-state index < -0.39 is 26.2 Å². The third-order valence-corrected chi connectivity index (χ3v) is 13.3. The van der Waals surface area contributed by atoms with Crippen molar-refractivity contribution in [3.63, 3.8) is 0 Å². The molecule has 3 aromatic rings. The van der Waals surface area contributed by atoms with Crippen LogP contribution in [-0.4, -0.2) is 56.7 Å². The van der Waals surface area contributed by atoms with Crippen LogP contribution in [0, 0.1) is 0 Å². The number of nitrogens with zero attached hydrogens (tertiary/aromatic N) is 1. The Kier molecular flexibility index (Phi) is 8.71. The van der Waals surface area contributed by atoms with E-state index in [1.807, 2.05) is 54.6 Å². The summed E-state index contributed by atoms with van der Waals surface area (Å²) in [4.78, 5) is 26.4. The van der Waals surface area contributed by atoms with E-state index in [-0.39, 0.29) is 36.2 Å². The monoisotopic (exact) mass is 586 g/mol. The highest BCUT2D eigenvalue weighted by molar-refractivity contribution is 6.74. The number of carbonyl (C=O) groups excluding carboxylic acids is 2. The lowest BCUT2D eigenvalue weighted by Crippen LogP contribution is -2.58. The fourth-order valence-electron chi connectivity index (χ4n) is 5.57. The van der Waals surface area contributed by atoms with Gasteiger partial charge in [0.05, 0.1) is 18.8 Å². The van der Waals surface area contributed by atoms with Crippen LogP contribution in [0.15, 0.2) is 91.0 Å². The van der Waals surface area contributed by atoms with Crippen LogP contribution in [0.1, 0.15) is 50.3 Å². The van der Waals surface area contributed by atoms with Gasteiger partial charge in [0.1, 0.15) is 5.60 Å². The minimum absolute atomic E-state index is 0.0185. The molecule has 3 amide bonds. The molecule has 2 saturated heterocycles. The van der Waals surface area contributed by atoms with E-state index >= 15 is 0 Å². The van der Waals surface area contributed by atoms with E-state index in [1.54, 1.807) is 4.90 Å². The molecule has 2 aliphatic heterocycles. The Morgan fingerprint density at radius 1 is 0.857 bits per heavy atom. The zero-order valence-electron chi connectivity index (χ0n) is 25.2. The second-order valence-electron chi connectivity index (χ2n) is 12.7. The van der Waals surface area contributed by atoms with Crippen molar-refractivity contribution in [2.24, 2.45) is 0 Å². The zero-order chi connectivity index (χ0) is 30.0. The second-order valence-corrected chi connectivity index (χ2v) is 17.4. The standard InChI is InChI=1S/C34H42N2O5Si/c1-33(2,3)42(4,5)41-29-23-28(40-31(29)36-22-21-30(37)35-32(36)38)24-39-34(25-15-9-6-10-16-25,26-17-11-7-12-18-26)27-19-13-8-14-20-27/h6-20,28-29,31H,21-24H2,1-5H3,(H,35,37,38)/t28-,29+,31+/m0/s1. The fraction of sp³-hybridized carbons (Fsp3) is 0.412. The lowest BCUT2D eigenvalue weighted by Gasteiger charge is -2.41. The summed E-state index contributed by atoms with van der Waals surface area (Å²) >= 11 is 0. The molecule has 0 spiro atoms. The van der Waals surface area contributed by atoms with Crippen LogP contribution in [-0.2, 0) is 24.3 Å². The largest absolute Gasteiger partial charge is 0.409 e. The third-order valence-electron chi connectivity index (χ3n) is 8.82. The number of imide groups is 1. The summed E-state index contributed by atoms with van der Waals surface area (Å²) < 4.78 is 20.5. The van der Waals surface area contributed by atoms with E-state index in [2.05, 4.69) is 75.6 Å². The first kappa shape index (κ1) is 30.2. The molecule has 0 saturated carbocycles. The average molecular weight is 587 g/mol. The van der Waals surface area contributed by atoms with Crippen molar-refractivity contribution in [2.45, 2.75) is 75.8 Å². The summed E-state index contributed by atoms with van der Waals surface area (Å²) in [5, 5.41) is 2.43. The minimum atomic E-state index is -2.20. The van der Waals surface area contributed by atoms with Gasteiger partial charge >= 0.3 is 6.03 Å². The van der Waals surface area contributed by atoms with Crippen LogP contribution in [0.2, 0.25) is 18.1 Å². The Hall–Kier alpha value is -3.30. The van der Waals surface area contributed by atoms with Crippen LogP contribution in [0.25, 0.3) is 0 Å². The molecule has 3 atom stereocenters. The van der Waals surface area contributed by atoms with Crippen molar-refractivity contribution in [3.05, 3.63) is 108 Å². The normalized spacial score (nSPS) is 21.8. The average Bonchev–Trinajstić information content (AvgIpc) is 3.36. The van der Waals surface area contributed by atoms with Crippen molar-refractivity contribution in [3.8, 4) is 0 Å². The number of urea groups is 1. The zero-order valence-corrected chi connectivity index (χ0v) is 26.2. The van der Waals surface area contributed by atoms with Gasteiger partial charge in [0, 0.05) is 19.4 Å². The van der Waals surface area contributed by atoms with Crippen molar-refractivity contribution in [1.29, 1.82) is 0 Å².